The fourth-order valence-corrected chi connectivity index (χ4v) is 2.10. The SMILES string of the molecule is CCOc1ccc(-c2c(N)noc2C(C)C(C)C)cc1. The fraction of sp³-hybridized carbons (Fsp3) is 0.438. The largest absolute Gasteiger partial charge is 0.494 e. The zero-order valence-electron chi connectivity index (χ0n) is 12.5. The van der Waals surface area contributed by atoms with E-state index >= 15 is 0 Å². The third kappa shape index (κ3) is 2.79. The first kappa shape index (κ1) is 14.4. The van der Waals surface area contributed by atoms with Gasteiger partial charge in [-0.15, -0.1) is 0 Å². The minimum Gasteiger partial charge on any atom is -0.494 e. The van der Waals surface area contributed by atoms with E-state index in [1.54, 1.807) is 0 Å². The number of aromatic nitrogens is 1. The van der Waals surface area contributed by atoms with Gasteiger partial charge < -0.3 is 15.0 Å². The summed E-state index contributed by atoms with van der Waals surface area (Å²) in [5.74, 6) is 2.87. The molecule has 0 bridgehead atoms. The summed E-state index contributed by atoms with van der Waals surface area (Å²) in [4.78, 5) is 0. The summed E-state index contributed by atoms with van der Waals surface area (Å²) in [6.07, 6.45) is 0. The molecule has 0 aliphatic heterocycles. The molecule has 0 fully saturated rings. The van der Waals surface area contributed by atoms with Crippen molar-refractivity contribution in [3.8, 4) is 16.9 Å². The maximum absolute atomic E-state index is 5.97. The molecule has 1 unspecified atom stereocenters. The molecule has 0 saturated carbocycles. The molecule has 1 aromatic carbocycles. The smallest absolute Gasteiger partial charge is 0.175 e. The maximum atomic E-state index is 5.97. The molecule has 1 heterocycles. The predicted molar refractivity (Wildman–Crippen MR) is 80.8 cm³/mol. The van der Waals surface area contributed by atoms with Crippen LogP contribution in [0.3, 0.4) is 0 Å². The van der Waals surface area contributed by atoms with Crippen molar-refractivity contribution in [2.75, 3.05) is 12.3 Å². The van der Waals surface area contributed by atoms with Gasteiger partial charge in [-0.3, -0.25) is 0 Å². The van der Waals surface area contributed by atoms with Gasteiger partial charge in [0.05, 0.1) is 12.2 Å². The van der Waals surface area contributed by atoms with E-state index in [1.807, 2.05) is 31.2 Å². The molecule has 1 atom stereocenters. The standard InChI is InChI=1S/C16H22N2O2/c1-5-19-13-8-6-12(7-9-13)14-15(11(4)10(2)3)20-18-16(14)17/h6-11H,5H2,1-4H3,(H2,17,18). The summed E-state index contributed by atoms with van der Waals surface area (Å²) in [5, 5.41) is 3.93. The highest BCUT2D eigenvalue weighted by molar-refractivity contribution is 5.76. The lowest BCUT2D eigenvalue weighted by atomic mass is 9.91. The van der Waals surface area contributed by atoms with Gasteiger partial charge in [0, 0.05) is 5.92 Å². The second-order valence-corrected chi connectivity index (χ2v) is 5.30. The van der Waals surface area contributed by atoms with Crippen LogP contribution in [0.4, 0.5) is 5.82 Å². The Morgan fingerprint density at radius 1 is 1.20 bits per heavy atom. The Balaban J connectivity index is 2.39. The van der Waals surface area contributed by atoms with Crippen molar-refractivity contribution in [1.29, 1.82) is 0 Å². The number of ether oxygens (including phenoxy) is 1. The first-order valence-electron chi connectivity index (χ1n) is 7.02. The highest BCUT2D eigenvalue weighted by Crippen LogP contribution is 2.37. The van der Waals surface area contributed by atoms with Gasteiger partial charge in [-0.05, 0) is 30.5 Å². The first-order chi connectivity index (χ1) is 9.54. The van der Waals surface area contributed by atoms with Crippen molar-refractivity contribution in [3.05, 3.63) is 30.0 Å². The van der Waals surface area contributed by atoms with E-state index in [0.29, 0.717) is 18.3 Å². The quantitative estimate of drug-likeness (QED) is 0.892. The highest BCUT2D eigenvalue weighted by Gasteiger charge is 2.23. The van der Waals surface area contributed by atoms with Crippen LogP contribution in [0, 0.1) is 5.92 Å². The third-order valence-electron chi connectivity index (χ3n) is 3.61. The van der Waals surface area contributed by atoms with E-state index in [9.17, 15) is 0 Å². The Morgan fingerprint density at radius 3 is 2.40 bits per heavy atom. The second-order valence-electron chi connectivity index (χ2n) is 5.30. The number of hydrogen-bond acceptors (Lipinski definition) is 4. The summed E-state index contributed by atoms with van der Waals surface area (Å²) in [6, 6.07) is 7.86. The number of nitrogens with zero attached hydrogens (tertiary/aromatic N) is 1. The maximum Gasteiger partial charge on any atom is 0.175 e. The van der Waals surface area contributed by atoms with E-state index in [-0.39, 0.29) is 5.92 Å². The van der Waals surface area contributed by atoms with Gasteiger partial charge in [0.2, 0.25) is 0 Å². The lowest BCUT2D eigenvalue weighted by Crippen LogP contribution is -2.02. The lowest BCUT2D eigenvalue weighted by Gasteiger charge is -2.14. The molecule has 0 saturated heterocycles. The number of nitrogens with two attached hydrogens (primary N) is 1. The summed E-state index contributed by atoms with van der Waals surface area (Å²) in [5.41, 5.74) is 7.88. The topological polar surface area (TPSA) is 61.3 Å². The van der Waals surface area contributed by atoms with Crippen LogP contribution in [-0.4, -0.2) is 11.8 Å². The van der Waals surface area contributed by atoms with E-state index in [2.05, 4.69) is 25.9 Å². The monoisotopic (exact) mass is 274 g/mol. The molecule has 0 aliphatic rings. The van der Waals surface area contributed by atoms with Crippen molar-refractivity contribution in [1.82, 2.24) is 5.16 Å². The van der Waals surface area contributed by atoms with Gasteiger partial charge in [0.1, 0.15) is 11.5 Å². The summed E-state index contributed by atoms with van der Waals surface area (Å²) < 4.78 is 10.9. The Bertz CT molecular complexity index is 558. The van der Waals surface area contributed by atoms with Crippen molar-refractivity contribution in [2.24, 2.45) is 5.92 Å². The van der Waals surface area contributed by atoms with Gasteiger partial charge in [-0.25, -0.2) is 0 Å². The molecule has 108 valence electrons. The van der Waals surface area contributed by atoms with E-state index in [4.69, 9.17) is 15.0 Å². The van der Waals surface area contributed by atoms with Crippen molar-refractivity contribution in [2.45, 2.75) is 33.6 Å². The second kappa shape index (κ2) is 5.99. The molecule has 2 N–H and O–H groups in total. The molecule has 0 spiro atoms. The zero-order chi connectivity index (χ0) is 14.7. The Hall–Kier alpha value is -1.97. The van der Waals surface area contributed by atoms with E-state index in [1.165, 1.54) is 0 Å². The summed E-state index contributed by atoms with van der Waals surface area (Å²) in [7, 11) is 0. The number of benzene rings is 1. The van der Waals surface area contributed by atoms with Crippen LogP contribution in [0.25, 0.3) is 11.1 Å². The van der Waals surface area contributed by atoms with Crippen molar-refractivity contribution in [3.63, 3.8) is 0 Å². The molecule has 4 heteroatoms. The Kier molecular flexibility index (Phi) is 4.32. The molecule has 20 heavy (non-hydrogen) atoms. The average molecular weight is 274 g/mol. The fourth-order valence-electron chi connectivity index (χ4n) is 2.10. The molecule has 0 amide bonds. The van der Waals surface area contributed by atoms with E-state index < -0.39 is 0 Å². The minimum atomic E-state index is 0.265. The number of rotatable bonds is 5. The third-order valence-corrected chi connectivity index (χ3v) is 3.61. The van der Waals surface area contributed by atoms with Crippen LogP contribution >= 0.6 is 0 Å². The van der Waals surface area contributed by atoms with Crippen LogP contribution in [0.5, 0.6) is 5.75 Å². The van der Waals surface area contributed by atoms with Gasteiger partial charge in [0.15, 0.2) is 5.82 Å². The molecular formula is C16H22N2O2. The number of anilines is 1. The van der Waals surface area contributed by atoms with Gasteiger partial charge >= 0.3 is 0 Å². The van der Waals surface area contributed by atoms with Gasteiger partial charge in [-0.1, -0.05) is 38.1 Å². The average Bonchev–Trinajstić information content (AvgIpc) is 2.81. The summed E-state index contributed by atoms with van der Waals surface area (Å²) in [6.45, 7) is 9.07. The van der Waals surface area contributed by atoms with E-state index in [0.717, 1.165) is 22.6 Å². The predicted octanol–water partition coefficient (Wildman–Crippen LogP) is 4.08. The van der Waals surface area contributed by atoms with Crippen LogP contribution in [0.15, 0.2) is 28.8 Å². The molecule has 0 radical (unpaired) electrons. The minimum absolute atomic E-state index is 0.265. The molecule has 2 rings (SSSR count). The van der Waals surface area contributed by atoms with Crippen LogP contribution in [0.1, 0.15) is 39.4 Å². The number of hydrogen-bond donors (Lipinski definition) is 1. The normalized spacial score (nSPS) is 12.7. The zero-order valence-corrected chi connectivity index (χ0v) is 12.5. The lowest BCUT2D eigenvalue weighted by molar-refractivity contribution is 0.340. The molecule has 0 aliphatic carbocycles. The molecule has 2 aromatic rings. The first-order valence-corrected chi connectivity index (χ1v) is 7.02. The molecule has 1 aromatic heterocycles. The van der Waals surface area contributed by atoms with Crippen LogP contribution < -0.4 is 10.5 Å². The molecule has 4 nitrogen and oxygen atoms in total. The Labute approximate surface area is 119 Å². The van der Waals surface area contributed by atoms with Gasteiger partial charge in [0.25, 0.3) is 0 Å². The van der Waals surface area contributed by atoms with Crippen LogP contribution in [0.2, 0.25) is 0 Å². The number of nitrogen functional groups attached to an aromatic ring is 1. The Morgan fingerprint density at radius 2 is 1.85 bits per heavy atom. The van der Waals surface area contributed by atoms with Crippen molar-refractivity contribution < 1.29 is 9.26 Å². The van der Waals surface area contributed by atoms with Crippen molar-refractivity contribution >= 4 is 5.82 Å². The van der Waals surface area contributed by atoms with Crippen LogP contribution in [-0.2, 0) is 0 Å². The highest BCUT2D eigenvalue weighted by atomic mass is 16.5. The summed E-state index contributed by atoms with van der Waals surface area (Å²) >= 11 is 0. The molecular weight excluding hydrogens is 252 g/mol. The van der Waals surface area contributed by atoms with Gasteiger partial charge in [-0.2, -0.15) is 0 Å².